The first-order valence-electron chi connectivity index (χ1n) is 5.72. The lowest BCUT2D eigenvalue weighted by Crippen LogP contribution is -3.00. The SMILES string of the molecule is O=C(OC[n+]1ccccc1)N1CCCCC1.[I-]. The summed E-state index contributed by atoms with van der Waals surface area (Å²) in [5, 5.41) is 0. The second-order valence-corrected chi connectivity index (χ2v) is 3.98. The molecular weight excluding hydrogens is 331 g/mol. The van der Waals surface area contributed by atoms with Crippen LogP contribution in [0.4, 0.5) is 4.79 Å². The van der Waals surface area contributed by atoms with Crippen LogP contribution in [0.2, 0.25) is 0 Å². The van der Waals surface area contributed by atoms with Crippen molar-refractivity contribution < 1.29 is 38.1 Å². The van der Waals surface area contributed by atoms with Crippen molar-refractivity contribution in [1.29, 1.82) is 0 Å². The Morgan fingerprint density at radius 2 is 1.76 bits per heavy atom. The second kappa shape index (κ2) is 7.47. The molecule has 17 heavy (non-hydrogen) atoms. The van der Waals surface area contributed by atoms with Gasteiger partial charge in [-0.2, -0.15) is 4.57 Å². The van der Waals surface area contributed by atoms with Crippen molar-refractivity contribution in [2.24, 2.45) is 0 Å². The molecule has 1 aliphatic rings. The lowest BCUT2D eigenvalue weighted by atomic mass is 10.1. The number of carbonyl (C=O) groups is 1. The Morgan fingerprint density at radius 1 is 1.12 bits per heavy atom. The van der Waals surface area contributed by atoms with Crippen LogP contribution in [-0.4, -0.2) is 24.1 Å². The molecule has 1 amide bonds. The number of aromatic nitrogens is 1. The van der Waals surface area contributed by atoms with Gasteiger partial charge in [0.1, 0.15) is 0 Å². The number of carbonyl (C=O) groups excluding carboxylic acids is 1. The number of piperidine rings is 1. The molecule has 0 aliphatic carbocycles. The van der Waals surface area contributed by atoms with E-state index in [1.165, 1.54) is 6.42 Å². The Balaban J connectivity index is 0.00000144. The fourth-order valence-electron chi connectivity index (χ4n) is 1.82. The van der Waals surface area contributed by atoms with Crippen LogP contribution in [0.1, 0.15) is 19.3 Å². The zero-order chi connectivity index (χ0) is 11.2. The van der Waals surface area contributed by atoms with Crippen LogP contribution < -0.4 is 28.5 Å². The smallest absolute Gasteiger partial charge is 0.414 e. The quantitative estimate of drug-likeness (QED) is 0.485. The van der Waals surface area contributed by atoms with Gasteiger partial charge >= 0.3 is 6.09 Å². The molecule has 2 heterocycles. The number of hydrogen-bond donors (Lipinski definition) is 0. The van der Waals surface area contributed by atoms with E-state index < -0.39 is 0 Å². The first-order valence-corrected chi connectivity index (χ1v) is 5.72. The van der Waals surface area contributed by atoms with Crippen LogP contribution >= 0.6 is 0 Å². The van der Waals surface area contributed by atoms with Gasteiger partial charge in [-0.1, -0.05) is 6.07 Å². The lowest BCUT2D eigenvalue weighted by molar-refractivity contribution is -0.727. The Bertz CT molecular complexity index is 340. The normalized spacial score (nSPS) is 14.9. The molecule has 2 rings (SSSR count). The fourth-order valence-corrected chi connectivity index (χ4v) is 1.82. The molecule has 0 radical (unpaired) electrons. The predicted molar refractivity (Wildman–Crippen MR) is 58.5 cm³/mol. The highest BCUT2D eigenvalue weighted by molar-refractivity contribution is 5.67. The molecule has 0 spiro atoms. The summed E-state index contributed by atoms with van der Waals surface area (Å²) in [5.41, 5.74) is 0. The largest absolute Gasteiger partial charge is 1.00 e. The van der Waals surface area contributed by atoms with E-state index in [2.05, 4.69) is 0 Å². The van der Waals surface area contributed by atoms with Gasteiger partial charge in [0, 0.05) is 25.2 Å². The standard InChI is InChI=1S/C12H17N2O2.HI/c15-12(14-9-5-2-6-10-14)16-11-13-7-3-1-4-8-13;/h1,3-4,7-8H,2,5-6,9-11H2;1H/q+1;/p-1. The minimum Gasteiger partial charge on any atom is -1.00 e. The third-order valence-corrected chi connectivity index (χ3v) is 2.73. The van der Waals surface area contributed by atoms with Crippen LogP contribution in [0, 0.1) is 0 Å². The van der Waals surface area contributed by atoms with E-state index in [1.54, 1.807) is 4.90 Å². The maximum absolute atomic E-state index is 11.7. The summed E-state index contributed by atoms with van der Waals surface area (Å²) in [6.07, 6.45) is 6.96. The van der Waals surface area contributed by atoms with Crippen molar-refractivity contribution in [3.63, 3.8) is 0 Å². The summed E-state index contributed by atoms with van der Waals surface area (Å²) < 4.78 is 7.05. The Labute approximate surface area is 119 Å². The molecule has 1 fully saturated rings. The van der Waals surface area contributed by atoms with Crippen LogP contribution in [0.3, 0.4) is 0 Å². The Hall–Kier alpha value is -0.850. The summed E-state index contributed by atoms with van der Waals surface area (Å²) in [6.45, 7) is 1.95. The first-order chi connectivity index (χ1) is 7.86. The Morgan fingerprint density at radius 3 is 2.41 bits per heavy atom. The molecule has 0 N–H and O–H groups in total. The molecular formula is C12H17IN2O2. The topological polar surface area (TPSA) is 33.4 Å². The highest BCUT2D eigenvalue weighted by Crippen LogP contribution is 2.09. The molecule has 0 unspecified atom stereocenters. The number of nitrogens with zero attached hydrogens (tertiary/aromatic N) is 2. The zero-order valence-electron chi connectivity index (χ0n) is 9.72. The van der Waals surface area contributed by atoms with E-state index in [-0.39, 0.29) is 36.8 Å². The van der Waals surface area contributed by atoms with Gasteiger partial charge < -0.3 is 33.6 Å². The molecule has 0 atom stereocenters. The Kier molecular flexibility index (Phi) is 6.25. The third kappa shape index (κ3) is 4.49. The van der Waals surface area contributed by atoms with Crippen molar-refractivity contribution in [3.8, 4) is 0 Å². The summed E-state index contributed by atoms with van der Waals surface area (Å²) in [4.78, 5) is 13.4. The number of amides is 1. The van der Waals surface area contributed by atoms with Gasteiger partial charge in [-0.05, 0) is 19.3 Å². The van der Waals surface area contributed by atoms with Crippen molar-refractivity contribution in [2.45, 2.75) is 26.0 Å². The molecule has 0 aromatic carbocycles. The van der Waals surface area contributed by atoms with Gasteiger partial charge in [0.15, 0.2) is 12.4 Å². The average Bonchev–Trinajstić information content (AvgIpc) is 2.38. The highest BCUT2D eigenvalue weighted by atomic mass is 127. The number of rotatable bonds is 2. The van der Waals surface area contributed by atoms with E-state index in [1.807, 2.05) is 35.2 Å². The predicted octanol–water partition coefficient (Wildman–Crippen LogP) is -1.44. The minimum atomic E-state index is -0.198. The van der Waals surface area contributed by atoms with E-state index in [0.29, 0.717) is 0 Å². The molecule has 4 nitrogen and oxygen atoms in total. The van der Waals surface area contributed by atoms with Crippen LogP contribution in [-0.2, 0) is 11.5 Å². The molecule has 0 saturated carbocycles. The average molecular weight is 348 g/mol. The van der Waals surface area contributed by atoms with Crippen LogP contribution in [0.5, 0.6) is 0 Å². The number of halogens is 1. The molecule has 1 aromatic heterocycles. The molecule has 5 heteroatoms. The maximum atomic E-state index is 11.7. The van der Waals surface area contributed by atoms with Gasteiger partial charge in [0.05, 0.1) is 0 Å². The number of likely N-dealkylation sites (tertiary alicyclic amines) is 1. The fraction of sp³-hybridized carbons (Fsp3) is 0.500. The molecule has 1 aliphatic heterocycles. The summed E-state index contributed by atoms with van der Waals surface area (Å²) >= 11 is 0. The van der Waals surface area contributed by atoms with Gasteiger partial charge in [0.2, 0.25) is 0 Å². The van der Waals surface area contributed by atoms with Crippen molar-refractivity contribution in [3.05, 3.63) is 30.6 Å². The van der Waals surface area contributed by atoms with E-state index in [0.717, 1.165) is 25.9 Å². The van der Waals surface area contributed by atoms with Crippen LogP contribution in [0.25, 0.3) is 0 Å². The van der Waals surface area contributed by atoms with Gasteiger partial charge in [-0.3, -0.25) is 0 Å². The summed E-state index contributed by atoms with van der Waals surface area (Å²) in [5.74, 6) is 0. The van der Waals surface area contributed by atoms with E-state index in [4.69, 9.17) is 4.74 Å². The summed E-state index contributed by atoms with van der Waals surface area (Å²) in [7, 11) is 0. The van der Waals surface area contributed by atoms with Crippen molar-refractivity contribution in [1.82, 2.24) is 4.90 Å². The molecule has 1 saturated heterocycles. The first kappa shape index (κ1) is 14.2. The number of ether oxygens (including phenoxy) is 1. The zero-order valence-corrected chi connectivity index (χ0v) is 11.9. The van der Waals surface area contributed by atoms with Crippen molar-refractivity contribution >= 4 is 6.09 Å². The lowest BCUT2D eigenvalue weighted by Gasteiger charge is -2.24. The monoisotopic (exact) mass is 348 g/mol. The minimum absolute atomic E-state index is 0. The molecule has 94 valence electrons. The third-order valence-electron chi connectivity index (χ3n) is 2.73. The van der Waals surface area contributed by atoms with Crippen molar-refractivity contribution in [2.75, 3.05) is 13.1 Å². The number of hydrogen-bond acceptors (Lipinski definition) is 2. The molecule has 0 bridgehead atoms. The van der Waals surface area contributed by atoms with Gasteiger partial charge in [-0.25, -0.2) is 4.79 Å². The maximum Gasteiger partial charge on any atom is 0.414 e. The van der Waals surface area contributed by atoms with Gasteiger partial charge in [-0.15, -0.1) is 0 Å². The highest BCUT2D eigenvalue weighted by Gasteiger charge is 2.18. The molecule has 1 aromatic rings. The van der Waals surface area contributed by atoms with Crippen LogP contribution in [0.15, 0.2) is 30.6 Å². The van der Waals surface area contributed by atoms with Gasteiger partial charge in [0.25, 0.3) is 6.73 Å². The second-order valence-electron chi connectivity index (χ2n) is 3.98. The number of pyridine rings is 1. The van der Waals surface area contributed by atoms with E-state index in [9.17, 15) is 4.79 Å². The van der Waals surface area contributed by atoms with E-state index >= 15 is 0 Å². The summed E-state index contributed by atoms with van der Waals surface area (Å²) in [6, 6.07) is 5.76.